The molecule has 41 heavy (non-hydrogen) atoms. The number of unbranched alkanes of at least 4 members (excludes halogenated alkanes) is 1. The highest BCUT2D eigenvalue weighted by molar-refractivity contribution is 5.69. The number of esters is 1. The van der Waals surface area contributed by atoms with Gasteiger partial charge in [-0.25, -0.2) is 4.79 Å². The average Bonchev–Trinajstić information content (AvgIpc) is 2.90. The molecule has 0 aromatic rings. The summed E-state index contributed by atoms with van der Waals surface area (Å²) in [5.41, 5.74) is -0.518. The molecule has 0 aromatic carbocycles. The average molecular weight is 598 g/mol. The van der Waals surface area contributed by atoms with Crippen LogP contribution in [-0.4, -0.2) is 134 Å². The molecule has 242 valence electrons. The summed E-state index contributed by atoms with van der Waals surface area (Å²) in [6.45, 7) is 11.9. The Labute approximate surface area is 243 Å². The van der Waals surface area contributed by atoms with E-state index in [1.807, 2.05) is 0 Å². The molecular formula is C27H51NO13. The topological polar surface area (TPSA) is 167 Å². The van der Waals surface area contributed by atoms with Gasteiger partial charge in [-0.3, -0.25) is 9.59 Å². The van der Waals surface area contributed by atoms with Crippen LogP contribution in [0.4, 0.5) is 4.79 Å². The standard InChI is InChI=1S/C27H51NO13/c1-27(2,3)41-26(32)28-8-9-33-10-11-34-12-13-35-14-15-36-16-17-37-18-19-38-20-21-39-22-23-40-25(31)7-5-4-6-24(29)30/h4-23H2,1-3H3,(H,28,32)(H,29,30). The fraction of sp³-hybridized carbons (Fsp3) is 0.889. The van der Waals surface area contributed by atoms with Crippen LogP contribution < -0.4 is 5.32 Å². The van der Waals surface area contributed by atoms with Crippen molar-refractivity contribution < 1.29 is 62.1 Å². The van der Waals surface area contributed by atoms with Crippen molar-refractivity contribution in [2.75, 3.05) is 106 Å². The molecule has 0 rings (SSSR count). The van der Waals surface area contributed by atoms with E-state index < -0.39 is 17.7 Å². The van der Waals surface area contributed by atoms with Gasteiger partial charge in [0.1, 0.15) is 12.2 Å². The molecule has 0 spiro atoms. The number of carboxylic acids is 1. The monoisotopic (exact) mass is 597 g/mol. The molecule has 14 heteroatoms. The van der Waals surface area contributed by atoms with Crippen LogP contribution in [0.5, 0.6) is 0 Å². The predicted molar refractivity (Wildman–Crippen MR) is 147 cm³/mol. The second kappa shape index (κ2) is 28.1. The third-order valence-corrected chi connectivity index (χ3v) is 4.66. The number of hydrogen-bond acceptors (Lipinski definition) is 12. The maximum Gasteiger partial charge on any atom is 0.407 e. The van der Waals surface area contributed by atoms with E-state index in [1.54, 1.807) is 20.8 Å². The number of ether oxygens (including phenoxy) is 9. The van der Waals surface area contributed by atoms with Crippen molar-refractivity contribution in [2.45, 2.75) is 52.1 Å². The van der Waals surface area contributed by atoms with Gasteiger partial charge in [0.05, 0.1) is 92.5 Å². The van der Waals surface area contributed by atoms with Gasteiger partial charge in [0.25, 0.3) is 0 Å². The zero-order valence-electron chi connectivity index (χ0n) is 25.0. The van der Waals surface area contributed by atoms with E-state index in [1.165, 1.54) is 0 Å². The molecule has 0 heterocycles. The third kappa shape index (κ3) is 34.0. The second-order valence-electron chi connectivity index (χ2n) is 9.54. The molecule has 2 N–H and O–H groups in total. The minimum Gasteiger partial charge on any atom is -0.481 e. The zero-order valence-corrected chi connectivity index (χ0v) is 25.0. The Morgan fingerprint density at radius 3 is 1.32 bits per heavy atom. The van der Waals surface area contributed by atoms with Crippen LogP contribution >= 0.6 is 0 Å². The van der Waals surface area contributed by atoms with Crippen molar-refractivity contribution in [1.82, 2.24) is 5.32 Å². The van der Waals surface area contributed by atoms with E-state index in [4.69, 9.17) is 47.7 Å². The lowest BCUT2D eigenvalue weighted by Crippen LogP contribution is -2.34. The maximum absolute atomic E-state index is 11.5. The number of carboxylic acid groups (broad SMARTS) is 1. The summed E-state index contributed by atoms with van der Waals surface area (Å²) in [4.78, 5) is 33.3. The molecule has 0 saturated heterocycles. The van der Waals surface area contributed by atoms with Crippen molar-refractivity contribution in [3.63, 3.8) is 0 Å². The second-order valence-corrected chi connectivity index (χ2v) is 9.54. The third-order valence-electron chi connectivity index (χ3n) is 4.66. The van der Waals surface area contributed by atoms with Crippen molar-refractivity contribution in [1.29, 1.82) is 0 Å². The number of alkyl carbamates (subject to hydrolysis) is 1. The fourth-order valence-electron chi connectivity index (χ4n) is 2.79. The van der Waals surface area contributed by atoms with Crippen molar-refractivity contribution in [2.24, 2.45) is 0 Å². The Morgan fingerprint density at radius 1 is 0.561 bits per heavy atom. The minimum absolute atomic E-state index is 0.0582. The summed E-state index contributed by atoms with van der Waals surface area (Å²) in [6, 6.07) is 0. The Bertz CT molecular complexity index is 643. The highest BCUT2D eigenvalue weighted by Gasteiger charge is 2.15. The predicted octanol–water partition coefficient (Wildman–Crippen LogP) is 1.82. The van der Waals surface area contributed by atoms with E-state index in [9.17, 15) is 14.4 Å². The Balaban J connectivity index is 3.17. The number of rotatable bonds is 29. The highest BCUT2D eigenvalue weighted by Crippen LogP contribution is 2.06. The molecule has 0 aromatic heterocycles. The SMILES string of the molecule is CC(C)(C)OC(=O)NCCOCCOCCOCCOCCOCCOCCOCCOC(=O)CCCCC(=O)O. The van der Waals surface area contributed by atoms with E-state index >= 15 is 0 Å². The largest absolute Gasteiger partial charge is 0.481 e. The van der Waals surface area contributed by atoms with Crippen LogP contribution in [0.1, 0.15) is 46.5 Å². The number of aliphatic carboxylic acids is 1. The lowest BCUT2D eigenvalue weighted by molar-refractivity contribution is -0.146. The van der Waals surface area contributed by atoms with Crippen molar-refractivity contribution in [3.8, 4) is 0 Å². The molecule has 14 nitrogen and oxygen atoms in total. The normalized spacial score (nSPS) is 11.4. The van der Waals surface area contributed by atoms with Gasteiger partial charge in [-0.2, -0.15) is 0 Å². The molecule has 1 amide bonds. The summed E-state index contributed by atoms with van der Waals surface area (Å²) in [7, 11) is 0. The molecule has 0 aliphatic heterocycles. The van der Waals surface area contributed by atoms with E-state index in [-0.39, 0.29) is 32.0 Å². The molecular weight excluding hydrogens is 546 g/mol. The summed E-state index contributed by atoms with van der Waals surface area (Å²) in [6.07, 6.45) is 0.765. The highest BCUT2D eigenvalue weighted by atomic mass is 16.6. The number of nitrogens with one attached hydrogen (secondary N) is 1. The number of carbonyl (C=O) groups is 3. The minimum atomic E-state index is -0.865. The first-order valence-electron chi connectivity index (χ1n) is 14.1. The van der Waals surface area contributed by atoms with Crippen LogP contribution in [0.2, 0.25) is 0 Å². The number of carbonyl (C=O) groups excluding carboxylic acids is 2. The van der Waals surface area contributed by atoms with Crippen LogP contribution in [0.15, 0.2) is 0 Å². The molecule has 0 unspecified atom stereocenters. The fourth-order valence-corrected chi connectivity index (χ4v) is 2.79. The first-order chi connectivity index (χ1) is 19.7. The van der Waals surface area contributed by atoms with E-state index in [2.05, 4.69) is 5.32 Å². The van der Waals surface area contributed by atoms with E-state index in [0.717, 1.165) is 0 Å². The summed E-state index contributed by atoms with van der Waals surface area (Å²) in [5.74, 6) is -1.22. The van der Waals surface area contributed by atoms with Gasteiger partial charge in [0, 0.05) is 19.4 Å². The smallest absolute Gasteiger partial charge is 0.407 e. The van der Waals surface area contributed by atoms with Crippen molar-refractivity contribution >= 4 is 18.0 Å². The van der Waals surface area contributed by atoms with Gasteiger partial charge in [-0.1, -0.05) is 0 Å². The number of hydrogen-bond donors (Lipinski definition) is 2. The van der Waals surface area contributed by atoms with Gasteiger partial charge in [0.15, 0.2) is 0 Å². The molecule has 0 aliphatic carbocycles. The molecule has 0 fully saturated rings. The van der Waals surface area contributed by atoms with Crippen LogP contribution in [0.3, 0.4) is 0 Å². The molecule has 0 bridgehead atoms. The van der Waals surface area contributed by atoms with Gasteiger partial charge in [-0.15, -0.1) is 0 Å². The van der Waals surface area contributed by atoms with Gasteiger partial charge >= 0.3 is 18.0 Å². The molecule has 0 saturated carbocycles. The quantitative estimate of drug-likeness (QED) is 0.0948. The Hall–Kier alpha value is -2.07. The summed E-state index contributed by atoms with van der Waals surface area (Å²) < 4.78 is 47.9. The molecule has 0 aliphatic rings. The van der Waals surface area contributed by atoms with Crippen molar-refractivity contribution in [3.05, 3.63) is 0 Å². The van der Waals surface area contributed by atoms with Gasteiger partial charge < -0.3 is 53.1 Å². The lowest BCUT2D eigenvalue weighted by Gasteiger charge is -2.19. The Kier molecular flexibility index (Phi) is 26.7. The van der Waals surface area contributed by atoms with Crippen LogP contribution in [-0.2, 0) is 52.2 Å². The summed E-state index contributed by atoms with van der Waals surface area (Å²) in [5, 5.41) is 11.1. The maximum atomic E-state index is 11.5. The van der Waals surface area contributed by atoms with Crippen LogP contribution in [0, 0.1) is 0 Å². The summed E-state index contributed by atoms with van der Waals surface area (Å²) >= 11 is 0. The first-order valence-corrected chi connectivity index (χ1v) is 14.1. The first kappa shape index (κ1) is 38.9. The zero-order chi connectivity index (χ0) is 30.4. The van der Waals surface area contributed by atoms with Gasteiger partial charge in [0.2, 0.25) is 0 Å². The molecule has 0 atom stereocenters. The molecule has 0 radical (unpaired) electrons. The van der Waals surface area contributed by atoms with E-state index in [0.29, 0.717) is 105 Å². The van der Waals surface area contributed by atoms with Crippen LogP contribution in [0.25, 0.3) is 0 Å². The Morgan fingerprint density at radius 2 is 0.927 bits per heavy atom. The van der Waals surface area contributed by atoms with Gasteiger partial charge in [-0.05, 0) is 33.6 Å². The lowest BCUT2D eigenvalue weighted by atomic mass is 10.2. The number of amides is 1.